The molecule has 0 heterocycles. The second kappa shape index (κ2) is 12.3. The number of hydrogen-bond donors (Lipinski definition) is 0. The summed E-state index contributed by atoms with van der Waals surface area (Å²) in [4.78, 5) is 25.1. The molecule has 3 aromatic rings. The number of benzene rings is 3. The van der Waals surface area contributed by atoms with E-state index in [-0.39, 0.29) is 17.9 Å². The van der Waals surface area contributed by atoms with Gasteiger partial charge in [-0.05, 0) is 62.7 Å². The molecule has 0 spiro atoms. The van der Waals surface area contributed by atoms with Crippen molar-refractivity contribution < 1.29 is 33.3 Å². The van der Waals surface area contributed by atoms with E-state index in [0.717, 1.165) is 5.56 Å². The van der Waals surface area contributed by atoms with Gasteiger partial charge in [0.05, 0.1) is 30.9 Å². The lowest BCUT2D eigenvalue weighted by atomic mass is 10.1. The summed E-state index contributed by atoms with van der Waals surface area (Å²) in [7, 11) is 0. The Balaban J connectivity index is 1.70. The quantitative estimate of drug-likeness (QED) is 0.275. The molecular weight excluding hydrogens is 436 g/mol. The number of rotatable bonds is 11. The highest BCUT2D eigenvalue weighted by Gasteiger charge is 2.20. The summed E-state index contributed by atoms with van der Waals surface area (Å²) >= 11 is 0. The van der Waals surface area contributed by atoms with Gasteiger partial charge >= 0.3 is 11.9 Å². The largest absolute Gasteiger partial charge is 0.490 e. The molecule has 3 aromatic carbocycles. The summed E-state index contributed by atoms with van der Waals surface area (Å²) in [6.45, 7) is 6.93. The van der Waals surface area contributed by atoms with Crippen LogP contribution in [0.25, 0.3) is 0 Å². The molecule has 0 aromatic heterocycles. The fourth-order valence-electron chi connectivity index (χ4n) is 3.14. The van der Waals surface area contributed by atoms with Crippen molar-refractivity contribution in [2.24, 2.45) is 0 Å². The summed E-state index contributed by atoms with van der Waals surface area (Å²) in [5.74, 6) is 0.480. The third-order valence-corrected chi connectivity index (χ3v) is 4.66. The first-order valence-electron chi connectivity index (χ1n) is 11.1. The zero-order chi connectivity index (χ0) is 24.3. The van der Waals surface area contributed by atoms with Gasteiger partial charge in [-0.3, -0.25) is 0 Å². The van der Waals surface area contributed by atoms with Gasteiger partial charge in [-0.15, -0.1) is 0 Å². The Morgan fingerprint density at radius 1 is 0.676 bits per heavy atom. The second-order valence-electron chi connectivity index (χ2n) is 7.08. The topological polar surface area (TPSA) is 80.3 Å². The Hall–Kier alpha value is -4.00. The normalized spacial score (nSPS) is 10.3. The van der Waals surface area contributed by atoms with E-state index in [0.29, 0.717) is 42.6 Å². The molecule has 0 unspecified atom stereocenters. The van der Waals surface area contributed by atoms with Gasteiger partial charge in [0.1, 0.15) is 12.4 Å². The minimum absolute atomic E-state index is 0.179. The number of ether oxygens (including phenoxy) is 5. The van der Waals surface area contributed by atoms with Crippen molar-refractivity contribution in [2.75, 3.05) is 19.8 Å². The van der Waals surface area contributed by atoms with Crippen LogP contribution >= 0.6 is 0 Å². The highest BCUT2D eigenvalue weighted by Crippen LogP contribution is 2.39. The van der Waals surface area contributed by atoms with Crippen LogP contribution in [0.1, 0.15) is 47.1 Å². The van der Waals surface area contributed by atoms with Gasteiger partial charge in [0.15, 0.2) is 11.5 Å². The maximum Gasteiger partial charge on any atom is 0.343 e. The van der Waals surface area contributed by atoms with Gasteiger partial charge in [-0.2, -0.15) is 0 Å². The number of hydrogen-bond acceptors (Lipinski definition) is 7. The molecule has 0 saturated heterocycles. The first-order chi connectivity index (χ1) is 16.5. The third-order valence-electron chi connectivity index (χ3n) is 4.66. The van der Waals surface area contributed by atoms with Crippen LogP contribution in [0.5, 0.6) is 23.0 Å². The number of carbonyl (C=O) groups is 2. The van der Waals surface area contributed by atoms with Crippen LogP contribution in [0.4, 0.5) is 0 Å². The summed E-state index contributed by atoms with van der Waals surface area (Å²) in [5.41, 5.74) is 1.50. The fourth-order valence-corrected chi connectivity index (χ4v) is 3.14. The molecule has 0 amide bonds. The molecule has 0 N–H and O–H groups in total. The van der Waals surface area contributed by atoms with E-state index in [9.17, 15) is 9.59 Å². The van der Waals surface area contributed by atoms with Gasteiger partial charge in [0, 0.05) is 0 Å². The standard InChI is InChI=1S/C27H28O7/c1-4-30-23-16-21(17-24(31-5-2)25(23)32-6-3)27(29)34-22-14-12-20(13-15-22)26(28)33-18-19-10-8-7-9-11-19/h7-17H,4-6,18H2,1-3H3. The monoisotopic (exact) mass is 464 g/mol. The first kappa shape index (κ1) is 24.6. The molecule has 0 saturated carbocycles. The molecule has 178 valence electrons. The molecule has 0 aliphatic heterocycles. The van der Waals surface area contributed by atoms with Gasteiger partial charge in [0.2, 0.25) is 5.75 Å². The molecular formula is C27H28O7. The van der Waals surface area contributed by atoms with Gasteiger partial charge in [-0.1, -0.05) is 30.3 Å². The number of esters is 2. The van der Waals surface area contributed by atoms with Crippen molar-refractivity contribution >= 4 is 11.9 Å². The predicted molar refractivity (Wildman–Crippen MR) is 127 cm³/mol. The Kier molecular flexibility index (Phi) is 8.91. The van der Waals surface area contributed by atoms with Gasteiger partial charge < -0.3 is 23.7 Å². The molecule has 0 radical (unpaired) electrons. The Labute approximate surface area is 199 Å². The predicted octanol–water partition coefficient (Wildman–Crippen LogP) is 5.46. The van der Waals surface area contributed by atoms with Crippen molar-refractivity contribution in [3.63, 3.8) is 0 Å². The molecule has 7 heteroatoms. The summed E-state index contributed by atoms with van der Waals surface area (Å²) in [6, 6.07) is 18.7. The lowest BCUT2D eigenvalue weighted by Crippen LogP contribution is -2.11. The summed E-state index contributed by atoms with van der Waals surface area (Å²) in [5, 5.41) is 0. The minimum Gasteiger partial charge on any atom is -0.490 e. The van der Waals surface area contributed by atoms with Crippen molar-refractivity contribution in [2.45, 2.75) is 27.4 Å². The molecule has 0 bridgehead atoms. The lowest BCUT2D eigenvalue weighted by Gasteiger charge is -2.16. The third kappa shape index (κ3) is 6.51. The van der Waals surface area contributed by atoms with Crippen molar-refractivity contribution in [3.8, 4) is 23.0 Å². The van der Waals surface area contributed by atoms with Crippen molar-refractivity contribution in [1.29, 1.82) is 0 Å². The van der Waals surface area contributed by atoms with E-state index in [1.54, 1.807) is 36.4 Å². The molecule has 0 aliphatic rings. The van der Waals surface area contributed by atoms with Gasteiger partial charge in [-0.25, -0.2) is 9.59 Å². The van der Waals surface area contributed by atoms with Crippen LogP contribution in [0.3, 0.4) is 0 Å². The van der Waals surface area contributed by atoms with E-state index < -0.39 is 11.9 Å². The minimum atomic E-state index is -0.593. The molecule has 0 aliphatic carbocycles. The van der Waals surface area contributed by atoms with E-state index in [4.69, 9.17) is 23.7 Å². The SMILES string of the molecule is CCOc1cc(C(=O)Oc2ccc(C(=O)OCc3ccccc3)cc2)cc(OCC)c1OCC. The fraction of sp³-hybridized carbons (Fsp3) is 0.259. The van der Waals surface area contributed by atoms with E-state index in [1.165, 1.54) is 0 Å². The van der Waals surface area contributed by atoms with Crippen LogP contribution < -0.4 is 18.9 Å². The Morgan fingerprint density at radius 2 is 1.26 bits per heavy atom. The Morgan fingerprint density at radius 3 is 1.82 bits per heavy atom. The molecule has 7 nitrogen and oxygen atoms in total. The Bertz CT molecular complexity index is 1060. The average molecular weight is 465 g/mol. The molecule has 0 atom stereocenters. The molecule has 3 rings (SSSR count). The van der Waals surface area contributed by atoms with Crippen LogP contribution in [0.15, 0.2) is 66.7 Å². The van der Waals surface area contributed by atoms with Crippen LogP contribution in [-0.4, -0.2) is 31.8 Å². The molecule has 0 fully saturated rings. The summed E-state index contributed by atoms with van der Waals surface area (Å²) in [6.07, 6.45) is 0. The summed E-state index contributed by atoms with van der Waals surface area (Å²) < 4.78 is 27.8. The van der Waals surface area contributed by atoms with Gasteiger partial charge in [0.25, 0.3) is 0 Å². The van der Waals surface area contributed by atoms with Crippen molar-refractivity contribution in [3.05, 3.63) is 83.4 Å². The van der Waals surface area contributed by atoms with E-state index in [2.05, 4.69) is 0 Å². The highest BCUT2D eigenvalue weighted by molar-refractivity contribution is 5.93. The molecule has 34 heavy (non-hydrogen) atoms. The maximum atomic E-state index is 12.8. The van der Waals surface area contributed by atoms with Crippen LogP contribution in [0, 0.1) is 0 Å². The van der Waals surface area contributed by atoms with E-state index >= 15 is 0 Å². The first-order valence-corrected chi connectivity index (χ1v) is 11.1. The zero-order valence-corrected chi connectivity index (χ0v) is 19.5. The van der Waals surface area contributed by atoms with Crippen molar-refractivity contribution in [1.82, 2.24) is 0 Å². The number of carbonyl (C=O) groups excluding carboxylic acids is 2. The second-order valence-corrected chi connectivity index (χ2v) is 7.08. The highest BCUT2D eigenvalue weighted by atomic mass is 16.5. The van der Waals surface area contributed by atoms with Crippen LogP contribution in [0.2, 0.25) is 0 Å². The average Bonchev–Trinajstić information content (AvgIpc) is 2.85. The smallest absolute Gasteiger partial charge is 0.343 e. The lowest BCUT2D eigenvalue weighted by molar-refractivity contribution is 0.0472. The van der Waals surface area contributed by atoms with Crippen LogP contribution in [-0.2, 0) is 11.3 Å². The zero-order valence-electron chi connectivity index (χ0n) is 19.5. The maximum absolute atomic E-state index is 12.8. The van der Waals surface area contributed by atoms with E-state index in [1.807, 2.05) is 51.1 Å².